The molecule has 2 heterocycles. The smallest absolute Gasteiger partial charge is 0.237 e. The zero-order valence-corrected chi connectivity index (χ0v) is 19.0. The van der Waals surface area contributed by atoms with Gasteiger partial charge in [-0.3, -0.25) is 9.59 Å². The fourth-order valence-corrected chi connectivity index (χ4v) is 5.89. The maximum atomic E-state index is 12.6. The van der Waals surface area contributed by atoms with Crippen LogP contribution in [0, 0.1) is 0 Å². The fraction of sp³-hybridized carbons (Fsp3) is 0.400. The Morgan fingerprint density at radius 1 is 1.26 bits per heavy atom. The van der Waals surface area contributed by atoms with Crippen LogP contribution in [-0.2, 0) is 26.0 Å². The third-order valence-electron chi connectivity index (χ3n) is 4.78. The number of amides is 2. The van der Waals surface area contributed by atoms with Crippen LogP contribution in [0.2, 0.25) is 0 Å². The van der Waals surface area contributed by atoms with E-state index in [9.17, 15) is 18.0 Å². The second-order valence-corrected chi connectivity index (χ2v) is 10.9. The van der Waals surface area contributed by atoms with Crippen molar-refractivity contribution in [2.75, 3.05) is 22.1 Å². The van der Waals surface area contributed by atoms with Crippen molar-refractivity contribution in [3.05, 3.63) is 42.7 Å². The number of thioether (sulfide) groups is 1. The van der Waals surface area contributed by atoms with Crippen molar-refractivity contribution in [1.82, 2.24) is 14.8 Å². The Morgan fingerprint density at radius 3 is 2.45 bits per heavy atom. The number of hydrogen-bond acceptors (Lipinski definition) is 7. The van der Waals surface area contributed by atoms with E-state index in [0.29, 0.717) is 35.3 Å². The first-order valence-corrected chi connectivity index (χ1v) is 12.5. The number of carbonyl (C=O) groups is 2. The van der Waals surface area contributed by atoms with Crippen molar-refractivity contribution in [1.29, 1.82) is 0 Å². The highest BCUT2D eigenvalue weighted by atomic mass is 32.2. The van der Waals surface area contributed by atoms with Crippen LogP contribution in [0.3, 0.4) is 0 Å². The topological polar surface area (TPSA) is 123 Å². The molecule has 2 N–H and O–H groups in total. The van der Waals surface area contributed by atoms with Crippen molar-refractivity contribution < 1.29 is 18.0 Å². The third-order valence-corrected chi connectivity index (χ3v) is 7.63. The molecular formula is C20H25N5O4S2. The predicted octanol–water partition coefficient (Wildman–Crippen LogP) is 2.44. The standard InChI is InChI=1S/C20H25N5O4S2/c1-4-10-25-18(15-9-11-31(28,29)12-15)23-24-20(25)30-13(2)19(27)22-17-7-5-16(6-8-17)21-14(3)26/h4-8,13,15H,1,9-12H2,2-3H3,(H,21,26)(H,22,27)/t13-,15+/m1/s1. The minimum absolute atomic E-state index is 0.0669. The van der Waals surface area contributed by atoms with Crippen LogP contribution in [0.1, 0.15) is 32.0 Å². The minimum atomic E-state index is -3.05. The van der Waals surface area contributed by atoms with Gasteiger partial charge in [0.2, 0.25) is 11.8 Å². The summed E-state index contributed by atoms with van der Waals surface area (Å²) in [6.07, 6.45) is 2.22. The lowest BCUT2D eigenvalue weighted by Gasteiger charge is -2.14. The summed E-state index contributed by atoms with van der Waals surface area (Å²) in [6.45, 7) is 7.38. The van der Waals surface area contributed by atoms with Gasteiger partial charge in [0, 0.05) is 30.8 Å². The van der Waals surface area contributed by atoms with Crippen LogP contribution in [-0.4, -0.2) is 51.8 Å². The van der Waals surface area contributed by atoms with Gasteiger partial charge in [-0.1, -0.05) is 17.8 Å². The number of carbonyl (C=O) groups excluding carboxylic acids is 2. The summed E-state index contributed by atoms with van der Waals surface area (Å²) in [7, 11) is -3.05. The largest absolute Gasteiger partial charge is 0.326 e. The van der Waals surface area contributed by atoms with Crippen molar-refractivity contribution in [3.8, 4) is 0 Å². The quantitative estimate of drug-likeness (QED) is 0.455. The van der Waals surface area contributed by atoms with Crippen molar-refractivity contribution >= 4 is 44.8 Å². The highest BCUT2D eigenvalue weighted by Gasteiger charge is 2.33. The van der Waals surface area contributed by atoms with E-state index in [4.69, 9.17) is 0 Å². The van der Waals surface area contributed by atoms with Gasteiger partial charge in [0.25, 0.3) is 0 Å². The highest BCUT2D eigenvalue weighted by Crippen LogP contribution is 2.31. The van der Waals surface area contributed by atoms with Crippen LogP contribution >= 0.6 is 11.8 Å². The van der Waals surface area contributed by atoms with Gasteiger partial charge in [0.15, 0.2) is 15.0 Å². The maximum absolute atomic E-state index is 12.6. The van der Waals surface area contributed by atoms with E-state index in [0.717, 1.165) is 0 Å². The van der Waals surface area contributed by atoms with E-state index in [2.05, 4.69) is 27.4 Å². The summed E-state index contributed by atoms with van der Waals surface area (Å²) >= 11 is 1.25. The van der Waals surface area contributed by atoms with Gasteiger partial charge in [0.05, 0.1) is 16.8 Å². The summed E-state index contributed by atoms with van der Waals surface area (Å²) in [6, 6.07) is 6.83. The van der Waals surface area contributed by atoms with Crippen LogP contribution in [0.25, 0.3) is 0 Å². The highest BCUT2D eigenvalue weighted by molar-refractivity contribution is 8.00. The van der Waals surface area contributed by atoms with Gasteiger partial charge in [-0.05, 0) is 37.6 Å². The molecule has 1 aliphatic heterocycles. The number of nitrogens with one attached hydrogen (secondary N) is 2. The summed E-state index contributed by atoms with van der Waals surface area (Å²) < 4.78 is 25.5. The SMILES string of the molecule is C=CCn1c(S[C@H](C)C(=O)Nc2ccc(NC(C)=O)cc2)nnc1[C@H]1CCS(=O)(=O)C1. The molecule has 1 aromatic heterocycles. The fourth-order valence-electron chi connectivity index (χ4n) is 3.28. The van der Waals surface area contributed by atoms with Crippen molar-refractivity contribution in [2.24, 2.45) is 0 Å². The molecule has 2 aromatic rings. The molecule has 0 radical (unpaired) electrons. The summed E-state index contributed by atoms with van der Waals surface area (Å²) in [5.74, 6) is 0.260. The molecule has 1 aliphatic rings. The molecular weight excluding hydrogens is 438 g/mol. The molecule has 3 rings (SSSR count). The van der Waals surface area contributed by atoms with E-state index in [1.165, 1.54) is 18.7 Å². The average molecular weight is 464 g/mol. The number of sulfone groups is 1. The summed E-state index contributed by atoms with van der Waals surface area (Å²) in [5.41, 5.74) is 1.25. The van der Waals surface area contributed by atoms with Crippen LogP contribution in [0.5, 0.6) is 0 Å². The lowest BCUT2D eigenvalue weighted by molar-refractivity contribution is -0.115. The van der Waals surface area contributed by atoms with Crippen molar-refractivity contribution in [2.45, 2.75) is 43.1 Å². The Labute approximate surface area is 185 Å². The Kier molecular flexibility index (Phi) is 7.16. The van der Waals surface area contributed by atoms with E-state index in [1.54, 1.807) is 37.3 Å². The molecule has 0 spiro atoms. The van der Waals surface area contributed by atoms with Gasteiger partial charge in [-0.15, -0.1) is 16.8 Å². The molecule has 0 unspecified atom stereocenters. The molecule has 166 valence electrons. The van der Waals surface area contributed by atoms with E-state index in [-0.39, 0.29) is 29.2 Å². The Morgan fingerprint density at radius 2 is 1.90 bits per heavy atom. The van der Waals surface area contributed by atoms with Gasteiger partial charge >= 0.3 is 0 Å². The van der Waals surface area contributed by atoms with Crippen molar-refractivity contribution in [3.63, 3.8) is 0 Å². The molecule has 31 heavy (non-hydrogen) atoms. The first-order chi connectivity index (χ1) is 14.7. The van der Waals surface area contributed by atoms with Crippen LogP contribution in [0.4, 0.5) is 11.4 Å². The summed E-state index contributed by atoms with van der Waals surface area (Å²) in [5, 5.41) is 14.0. The molecule has 9 nitrogen and oxygen atoms in total. The van der Waals surface area contributed by atoms with Gasteiger partial charge in [0.1, 0.15) is 5.82 Å². The molecule has 2 amide bonds. The number of rotatable bonds is 8. The van der Waals surface area contributed by atoms with Gasteiger partial charge < -0.3 is 15.2 Å². The number of anilines is 2. The zero-order chi connectivity index (χ0) is 22.6. The zero-order valence-electron chi connectivity index (χ0n) is 17.4. The first-order valence-electron chi connectivity index (χ1n) is 9.78. The third kappa shape index (κ3) is 5.95. The molecule has 1 fully saturated rings. The van der Waals surface area contributed by atoms with Crippen LogP contribution < -0.4 is 10.6 Å². The summed E-state index contributed by atoms with van der Waals surface area (Å²) in [4.78, 5) is 23.7. The molecule has 1 saturated heterocycles. The normalized spacial score (nSPS) is 18.3. The molecule has 2 atom stereocenters. The number of allylic oxidation sites excluding steroid dienone is 1. The van der Waals surface area contributed by atoms with E-state index in [1.807, 2.05) is 4.57 Å². The lowest BCUT2D eigenvalue weighted by atomic mass is 10.1. The number of aromatic nitrogens is 3. The number of nitrogens with zero attached hydrogens (tertiary/aromatic N) is 3. The second kappa shape index (κ2) is 9.65. The molecule has 0 bridgehead atoms. The van der Waals surface area contributed by atoms with E-state index < -0.39 is 15.1 Å². The van der Waals surface area contributed by atoms with Gasteiger partial charge in [-0.2, -0.15) is 0 Å². The Balaban J connectivity index is 1.68. The predicted molar refractivity (Wildman–Crippen MR) is 121 cm³/mol. The van der Waals surface area contributed by atoms with Crippen LogP contribution in [0.15, 0.2) is 42.1 Å². The molecule has 0 saturated carbocycles. The van der Waals surface area contributed by atoms with Gasteiger partial charge in [-0.25, -0.2) is 8.42 Å². The minimum Gasteiger partial charge on any atom is -0.326 e. The molecule has 1 aromatic carbocycles. The molecule has 0 aliphatic carbocycles. The maximum Gasteiger partial charge on any atom is 0.237 e. The number of hydrogen-bond donors (Lipinski definition) is 2. The lowest BCUT2D eigenvalue weighted by Crippen LogP contribution is -2.23. The van der Waals surface area contributed by atoms with E-state index >= 15 is 0 Å². The Bertz CT molecular complexity index is 1080. The molecule has 11 heteroatoms. The Hall–Kier alpha value is -2.66. The first kappa shape index (κ1) is 23.0. The number of benzene rings is 1. The average Bonchev–Trinajstić information content (AvgIpc) is 3.26. The second-order valence-electron chi connectivity index (χ2n) is 7.35. The monoisotopic (exact) mass is 463 g/mol.